The van der Waals surface area contributed by atoms with Crippen molar-refractivity contribution in [1.82, 2.24) is 24.8 Å². The Balaban J connectivity index is 1.22. The first-order valence-electron chi connectivity index (χ1n) is 11.0. The smallest absolute Gasteiger partial charge is 0.253 e. The molecule has 1 unspecified atom stereocenters. The first-order valence-corrected chi connectivity index (χ1v) is 12.5. The second-order valence-electron chi connectivity index (χ2n) is 8.71. The van der Waals surface area contributed by atoms with E-state index in [2.05, 4.69) is 20.2 Å². The summed E-state index contributed by atoms with van der Waals surface area (Å²) in [5, 5.41) is 8.35. The molecular formula is C23H25N7O3S. The third kappa shape index (κ3) is 4.63. The van der Waals surface area contributed by atoms with Gasteiger partial charge in [0, 0.05) is 55.7 Å². The molecule has 0 spiro atoms. The van der Waals surface area contributed by atoms with Crippen LogP contribution in [0.1, 0.15) is 33.6 Å². The van der Waals surface area contributed by atoms with E-state index in [0.717, 1.165) is 35.5 Å². The average molecular weight is 480 g/mol. The van der Waals surface area contributed by atoms with Gasteiger partial charge in [-0.1, -0.05) is 0 Å². The molecule has 0 bridgehead atoms. The van der Waals surface area contributed by atoms with Gasteiger partial charge < -0.3 is 10.2 Å². The Bertz CT molecular complexity index is 1340. The monoisotopic (exact) mass is 479 g/mol. The summed E-state index contributed by atoms with van der Waals surface area (Å²) in [6, 6.07) is 7.96. The zero-order valence-corrected chi connectivity index (χ0v) is 19.5. The van der Waals surface area contributed by atoms with E-state index in [1.807, 2.05) is 24.1 Å². The summed E-state index contributed by atoms with van der Waals surface area (Å²) < 4.78 is 22.9. The molecule has 1 amide bonds. The molecule has 5 rings (SSSR count). The summed E-state index contributed by atoms with van der Waals surface area (Å²) in [5.41, 5.74) is 4.43. The fourth-order valence-electron chi connectivity index (χ4n) is 4.44. The maximum absolute atomic E-state index is 12.9. The lowest BCUT2D eigenvalue weighted by atomic mass is 10.2. The van der Waals surface area contributed by atoms with E-state index in [9.17, 15) is 13.2 Å². The van der Waals surface area contributed by atoms with Crippen LogP contribution in [0.15, 0.2) is 53.8 Å². The van der Waals surface area contributed by atoms with Gasteiger partial charge in [0.05, 0.1) is 22.5 Å². The van der Waals surface area contributed by atoms with Gasteiger partial charge in [-0.15, -0.1) is 0 Å². The van der Waals surface area contributed by atoms with Crippen molar-refractivity contribution < 1.29 is 13.2 Å². The third-order valence-corrected chi connectivity index (χ3v) is 7.14. The molecule has 176 valence electrons. The van der Waals surface area contributed by atoms with Crippen LogP contribution in [-0.4, -0.2) is 58.2 Å². The number of nitrogens with zero attached hydrogens (tertiary/aromatic N) is 5. The minimum atomic E-state index is -3.78. The number of pyridine rings is 1. The number of hydrogen-bond donors (Lipinski definition) is 2. The average Bonchev–Trinajstić information content (AvgIpc) is 3.45. The number of rotatable bonds is 5. The fraction of sp³-hybridized carbons (Fsp3) is 0.304. The summed E-state index contributed by atoms with van der Waals surface area (Å²) in [6.45, 7) is 4.68. The summed E-state index contributed by atoms with van der Waals surface area (Å²) >= 11 is 0. The Kier molecular flexibility index (Phi) is 5.76. The lowest BCUT2D eigenvalue weighted by Gasteiger charge is -2.23. The second-order valence-corrected chi connectivity index (χ2v) is 10.3. The van der Waals surface area contributed by atoms with Gasteiger partial charge in [-0.3, -0.25) is 14.7 Å². The maximum Gasteiger partial charge on any atom is 0.253 e. The number of primary sulfonamides is 1. The topological polar surface area (TPSA) is 134 Å². The van der Waals surface area contributed by atoms with Gasteiger partial charge in [0.2, 0.25) is 16.0 Å². The minimum Gasteiger partial charge on any atom is -0.337 e. The SMILES string of the molecule is Cc1cncc(Nc2ncc3c(n2)CN(C2CCN(C(=O)c4ccc(S(N)(=O)=O)cc4)C2)C3)c1. The van der Waals surface area contributed by atoms with E-state index in [4.69, 9.17) is 10.1 Å². The van der Waals surface area contributed by atoms with Crippen molar-refractivity contribution in [1.29, 1.82) is 0 Å². The van der Waals surface area contributed by atoms with Crippen molar-refractivity contribution in [3.05, 3.63) is 71.3 Å². The van der Waals surface area contributed by atoms with Crippen molar-refractivity contribution >= 4 is 27.6 Å². The van der Waals surface area contributed by atoms with E-state index in [-0.39, 0.29) is 16.8 Å². The molecule has 1 saturated heterocycles. The molecule has 2 aromatic heterocycles. The molecule has 4 heterocycles. The zero-order valence-electron chi connectivity index (χ0n) is 18.7. The second kappa shape index (κ2) is 8.75. The summed E-state index contributed by atoms with van der Waals surface area (Å²) in [7, 11) is -3.78. The van der Waals surface area contributed by atoms with Crippen LogP contribution in [0, 0.1) is 6.92 Å². The normalized spacial score (nSPS) is 18.2. The standard InChI is InChI=1S/C23H25N7O3S/c1-15-8-18(11-25-9-15)27-23-26-10-17-12-30(14-21(17)28-23)19-6-7-29(13-19)22(31)16-2-4-20(5-3-16)34(24,32)33/h2-5,8-11,19H,6-7,12-14H2,1H3,(H2,24,32,33)(H,26,27,28). The van der Waals surface area contributed by atoms with Crippen LogP contribution in [-0.2, 0) is 23.1 Å². The predicted octanol–water partition coefficient (Wildman–Crippen LogP) is 1.80. The van der Waals surface area contributed by atoms with Crippen LogP contribution in [0.3, 0.4) is 0 Å². The molecule has 3 N–H and O–H groups in total. The van der Waals surface area contributed by atoms with E-state index >= 15 is 0 Å². The molecule has 11 heteroatoms. The Morgan fingerprint density at radius 2 is 1.94 bits per heavy atom. The van der Waals surface area contributed by atoms with Gasteiger partial charge in [-0.2, -0.15) is 0 Å². The quantitative estimate of drug-likeness (QED) is 0.566. The van der Waals surface area contributed by atoms with Crippen molar-refractivity contribution in [3.8, 4) is 0 Å². The molecular weight excluding hydrogens is 454 g/mol. The number of fused-ring (bicyclic) bond motifs is 1. The van der Waals surface area contributed by atoms with Crippen LogP contribution < -0.4 is 10.5 Å². The van der Waals surface area contributed by atoms with Gasteiger partial charge in [0.1, 0.15) is 0 Å². The number of benzene rings is 1. The van der Waals surface area contributed by atoms with E-state index in [1.165, 1.54) is 24.3 Å². The first kappa shape index (κ1) is 22.4. The van der Waals surface area contributed by atoms with Crippen LogP contribution >= 0.6 is 0 Å². The number of nitrogens with two attached hydrogens (primary N) is 1. The number of aryl methyl sites for hydroxylation is 1. The van der Waals surface area contributed by atoms with Crippen LogP contribution in [0.4, 0.5) is 11.6 Å². The fourth-order valence-corrected chi connectivity index (χ4v) is 4.96. The van der Waals surface area contributed by atoms with Crippen LogP contribution in [0.5, 0.6) is 0 Å². The molecule has 34 heavy (non-hydrogen) atoms. The van der Waals surface area contributed by atoms with Gasteiger partial charge in [-0.05, 0) is 49.2 Å². The third-order valence-electron chi connectivity index (χ3n) is 6.21. The molecule has 0 saturated carbocycles. The Morgan fingerprint density at radius 3 is 2.68 bits per heavy atom. The summed E-state index contributed by atoms with van der Waals surface area (Å²) in [5.74, 6) is 0.428. The number of hydrogen-bond acceptors (Lipinski definition) is 8. The molecule has 10 nitrogen and oxygen atoms in total. The van der Waals surface area contributed by atoms with Crippen molar-refractivity contribution in [2.24, 2.45) is 5.14 Å². The molecule has 3 aromatic rings. The van der Waals surface area contributed by atoms with E-state index in [0.29, 0.717) is 31.1 Å². The highest BCUT2D eigenvalue weighted by Crippen LogP contribution is 2.28. The number of anilines is 2. The van der Waals surface area contributed by atoms with E-state index < -0.39 is 10.0 Å². The number of carbonyl (C=O) groups excluding carboxylic acids is 1. The predicted molar refractivity (Wildman–Crippen MR) is 126 cm³/mol. The number of likely N-dealkylation sites (tertiary alicyclic amines) is 1. The highest BCUT2D eigenvalue weighted by molar-refractivity contribution is 7.89. The van der Waals surface area contributed by atoms with Crippen molar-refractivity contribution in [3.63, 3.8) is 0 Å². The van der Waals surface area contributed by atoms with Crippen LogP contribution in [0.2, 0.25) is 0 Å². The van der Waals surface area contributed by atoms with Crippen molar-refractivity contribution in [2.45, 2.75) is 37.4 Å². The molecule has 1 aromatic carbocycles. The van der Waals surface area contributed by atoms with Gasteiger partial charge in [0.25, 0.3) is 5.91 Å². The zero-order chi connectivity index (χ0) is 23.9. The number of aromatic nitrogens is 3. The Labute approximate surface area is 197 Å². The first-order chi connectivity index (χ1) is 16.3. The number of amides is 1. The van der Waals surface area contributed by atoms with Gasteiger partial charge in [0.15, 0.2) is 0 Å². The lowest BCUT2D eigenvalue weighted by molar-refractivity contribution is 0.0775. The lowest BCUT2D eigenvalue weighted by Crippen LogP contribution is -2.36. The number of nitrogens with one attached hydrogen (secondary N) is 1. The number of sulfonamides is 1. The highest BCUT2D eigenvalue weighted by atomic mass is 32.2. The Morgan fingerprint density at radius 1 is 1.15 bits per heavy atom. The Hall–Kier alpha value is -3.41. The summed E-state index contributed by atoms with van der Waals surface area (Å²) in [6.07, 6.45) is 6.26. The van der Waals surface area contributed by atoms with Gasteiger partial charge >= 0.3 is 0 Å². The number of carbonyl (C=O) groups is 1. The van der Waals surface area contributed by atoms with E-state index in [1.54, 1.807) is 12.4 Å². The maximum atomic E-state index is 12.9. The molecule has 2 aliphatic heterocycles. The van der Waals surface area contributed by atoms with Crippen molar-refractivity contribution in [2.75, 3.05) is 18.4 Å². The molecule has 1 fully saturated rings. The highest BCUT2D eigenvalue weighted by Gasteiger charge is 2.34. The molecule has 0 radical (unpaired) electrons. The summed E-state index contributed by atoms with van der Waals surface area (Å²) in [4.78, 5) is 30.4. The molecule has 2 aliphatic rings. The molecule has 0 aliphatic carbocycles. The minimum absolute atomic E-state index is 0.00758. The largest absolute Gasteiger partial charge is 0.337 e. The van der Waals surface area contributed by atoms with Gasteiger partial charge in [-0.25, -0.2) is 23.5 Å². The molecule has 1 atom stereocenters. The van der Waals surface area contributed by atoms with Crippen LogP contribution in [0.25, 0.3) is 0 Å².